The minimum absolute atomic E-state index is 0.0196. The van der Waals surface area contributed by atoms with Crippen molar-refractivity contribution in [1.82, 2.24) is 0 Å². The molecule has 0 amide bonds. The molecule has 0 aromatic heterocycles. The number of rotatable bonds is 5. The van der Waals surface area contributed by atoms with E-state index in [2.05, 4.69) is 24.8 Å². The minimum atomic E-state index is 0.0196. The average molecular weight is 222 g/mol. The van der Waals surface area contributed by atoms with Gasteiger partial charge < -0.3 is 9.47 Å². The van der Waals surface area contributed by atoms with Crippen molar-refractivity contribution in [2.75, 3.05) is 13.2 Å². The molecule has 1 atom stereocenters. The fraction of sp³-hybridized carbons (Fsp3) is 0.714. The molecule has 1 unspecified atom stereocenters. The zero-order chi connectivity index (χ0) is 11.5. The van der Waals surface area contributed by atoms with E-state index in [0.29, 0.717) is 6.61 Å². The summed E-state index contributed by atoms with van der Waals surface area (Å²) < 4.78 is 11.0. The second-order valence-corrected chi connectivity index (χ2v) is 3.93. The normalized spacial score (nSPS) is 20.7. The number of ether oxygens (including phenoxy) is 2. The smallest absolute Gasteiger partial charge is 0.157 e. The highest BCUT2D eigenvalue weighted by atomic mass is 16.7. The molecule has 1 aliphatic rings. The van der Waals surface area contributed by atoms with E-state index in [4.69, 9.17) is 9.47 Å². The molecule has 0 aliphatic carbocycles. The van der Waals surface area contributed by atoms with Crippen LogP contribution in [0.1, 0.15) is 45.4 Å². The lowest BCUT2D eigenvalue weighted by molar-refractivity contribution is -0.161. The van der Waals surface area contributed by atoms with E-state index < -0.39 is 0 Å². The molecule has 0 radical (unpaired) electrons. The fourth-order valence-corrected chi connectivity index (χ4v) is 1.52. The Morgan fingerprint density at radius 1 is 1.44 bits per heavy atom. The molecule has 2 nitrogen and oxygen atoms in total. The van der Waals surface area contributed by atoms with Gasteiger partial charge in [0.15, 0.2) is 6.29 Å². The molecule has 0 aromatic rings. The predicted octanol–water partition coefficient (Wildman–Crippen LogP) is 3.28. The first-order valence-corrected chi connectivity index (χ1v) is 6.30. The Hall–Kier alpha value is -0.780. The van der Waals surface area contributed by atoms with Gasteiger partial charge in [-0.3, -0.25) is 0 Å². The van der Waals surface area contributed by atoms with Crippen molar-refractivity contribution in [2.24, 2.45) is 0 Å². The van der Waals surface area contributed by atoms with Gasteiger partial charge in [-0.25, -0.2) is 0 Å². The molecule has 1 aliphatic heterocycles. The van der Waals surface area contributed by atoms with Crippen LogP contribution in [0.5, 0.6) is 0 Å². The lowest BCUT2D eigenvalue weighted by atomic mass is 10.2. The van der Waals surface area contributed by atoms with Crippen LogP contribution in [0.25, 0.3) is 0 Å². The summed E-state index contributed by atoms with van der Waals surface area (Å²) in [7, 11) is 0. The van der Waals surface area contributed by atoms with Crippen LogP contribution in [-0.2, 0) is 9.47 Å². The van der Waals surface area contributed by atoms with Crippen LogP contribution >= 0.6 is 0 Å². The maximum Gasteiger partial charge on any atom is 0.157 e. The maximum absolute atomic E-state index is 5.56. The third kappa shape index (κ3) is 6.66. The van der Waals surface area contributed by atoms with E-state index in [-0.39, 0.29) is 6.29 Å². The minimum Gasteiger partial charge on any atom is -0.353 e. The van der Waals surface area contributed by atoms with Gasteiger partial charge in [0.05, 0.1) is 6.61 Å². The lowest BCUT2D eigenvalue weighted by Gasteiger charge is -2.22. The Morgan fingerprint density at radius 2 is 2.38 bits per heavy atom. The van der Waals surface area contributed by atoms with Crippen molar-refractivity contribution < 1.29 is 9.47 Å². The maximum atomic E-state index is 5.56. The van der Waals surface area contributed by atoms with Crippen LogP contribution in [0.15, 0.2) is 12.2 Å². The molecule has 0 N–H and O–H groups in total. The number of allylic oxidation sites excluding steroid dienone is 2. The van der Waals surface area contributed by atoms with Gasteiger partial charge >= 0.3 is 0 Å². The predicted molar refractivity (Wildman–Crippen MR) is 66.0 cm³/mol. The molecule has 0 aromatic carbocycles. The van der Waals surface area contributed by atoms with E-state index in [1.54, 1.807) is 0 Å². The van der Waals surface area contributed by atoms with Crippen LogP contribution in [0.3, 0.4) is 0 Å². The van der Waals surface area contributed by atoms with E-state index in [9.17, 15) is 0 Å². The van der Waals surface area contributed by atoms with Gasteiger partial charge in [0.25, 0.3) is 0 Å². The summed E-state index contributed by atoms with van der Waals surface area (Å²) in [6, 6.07) is 0. The van der Waals surface area contributed by atoms with Crippen LogP contribution < -0.4 is 0 Å². The first-order valence-electron chi connectivity index (χ1n) is 6.30. The van der Waals surface area contributed by atoms with Gasteiger partial charge in [-0.15, -0.1) is 0 Å². The van der Waals surface area contributed by atoms with Crippen molar-refractivity contribution in [3.63, 3.8) is 0 Å². The van der Waals surface area contributed by atoms with Crippen LogP contribution in [-0.4, -0.2) is 19.5 Å². The van der Waals surface area contributed by atoms with Gasteiger partial charge in [0, 0.05) is 13.0 Å². The van der Waals surface area contributed by atoms with Crippen LogP contribution in [0, 0.1) is 11.8 Å². The first-order chi connectivity index (χ1) is 7.93. The number of hydrogen-bond acceptors (Lipinski definition) is 2. The van der Waals surface area contributed by atoms with Crippen molar-refractivity contribution in [2.45, 2.75) is 51.7 Å². The third-order valence-electron chi connectivity index (χ3n) is 2.43. The summed E-state index contributed by atoms with van der Waals surface area (Å²) in [5.74, 6) is 6.07. The zero-order valence-electron chi connectivity index (χ0n) is 10.2. The molecular weight excluding hydrogens is 200 g/mol. The summed E-state index contributed by atoms with van der Waals surface area (Å²) in [5.41, 5.74) is 0. The van der Waals surface area contributed by atoms with E-state index in [1.807, 2.05) is 6.08 Å². The molecule has 90 valence electrons. The Balaban J connectivity index is 1.97. The lowest BCUT2D eigenvalue weighted by Crippen LogP contribution is -2.22. The van der Waals surface area contributed by atoms with Crippen molar-refractivity contribution in [3.05, 3.63) is 12.2 Å². The summed E-state index contributed by atoms with van der Waals surface area (Å²) >= 11 is 0. The summed E-state index contributed by atoms with van der Waals surface area (Å²) in [4.78, 5) is 0. The van der Waals surface area contributed by atoms with E-state index in [0.717, 1.165) is 25.9 Å². The highest BCUT2D eigenvalue weighted by molar-refractivity contribution is 5.14. The largest absolute Gasteiger partial charge is 0.353 e. The second kappa shape index (κ2) is 9.45. The summed E-state index contributed by atoms with van der Waals surface area (Å²) in [5, 5.41) is 0. The molecule has 0 bridgehead atoms. The van der Waals surface area contributed by atoms with Crippen molar-refractivity contribution >= 4 is 0 Å². The molecule has 1 fully saturated rings. The zero-order valence-corrected chi connectivity index (χ0v) is 10.2. The standard InChI is InChI=1S/C14H22O2/c1-2-3-4-5-6-7-9-12-15-14-11-8-10-13-16-14/h4-5,14H,2-3,8-13H2,1H3/b5-4+. The summed E-state index contributed by atoms with van der Waals surface area (Å²) in [6.45, 7) is 3.69. The van der Waals surface area contributed by atoms with Gasteiger partial charge in [0.1, 0.15) is 0 Å². The fourth-order valence-electron chi connectivity index (χ4n) is 1.52. The molecular formula is C14H22O2. The van der Waals surface area contributed by atoms with E-state index >= 15 is 0 Å². The highest BCUT2D eigenvalue weighted by Crippen LogP contribution is 2.13. The molecule has 0 spiro atoms. The Bertz CT molecular complexity index is 241. The Morgan fingerprint density at radius 3 is 3.12 bits per heavy atom. The first kappa shape index (κ1) is 13.3. The summed E-state index contributed by atoms with van der Waals surface area (Å²) in [6.07, 6.45) is 10.6. The molecule has 16 heavy (non-hydrogen) atoms. The number of hydrogen-bond donors (Lipinski definition) is 0. The SMILES string of the molecule is CCC/C=C/C#CCCOC1CCCCO1. The van der Waals surface area contributed by atoms with Crippen molar-refractivity contribution in [3.8, 4) is 11.8 Å². The Kier molecular flexibility index (Phi) is 7.84. The van der Waals surface area contributed by atoms with Crippen LogP contribution in [0.2, 0.25) is 0 Å². The van der Waals surface area contributed by atoms with Gasteiger partial charge in [0.2, 0.25) is 0 Å². The molecule has 0 saturated carbocycles. The average Bonchev–Trinajstić information content (AvgIpc) is 2.34. The van der Waals surface area contributed by atoms with Gasteiger partial charge in [-0.2, -0.15) is 0 Å². The van der Waals surface area contributed by atoms with Crippen molar-refractivity contribution in [1.29, 1.82) is 0 Å². The topological polar surface area (TPSA) is 18.5 Å². The van der Waals surface area contributed by atoms with Crippen LogP contribution in [0.4, 0.5) is 0 Å². The quantitative estimate of drug-likeness (QED) is 0.525. The van der Waals surface area contributed by atoms with E-state index in [1.165, 1.54) is 19.3 Å². The van der Waals surface area contributed by atoms with Gasteiger partial charge in [-0.05, 0) is 31.8 Å². The second-order valence-electron chi connectivity index (χ2n) is 3.93. The highest BCUT2D eigenvalue weighted by Gasteiger charge is 2.12. The Labute approximate surface area is 99.0 Å². The molecule has 1 heterocycles. The molecule has 1 rings (SSSR count). The number of unbranched alkanes of at least 4 members (excludes halogenated alkanes) is 1. The third-order valence-corrected chi connectivity index (χ3v) is 2.43. The molecule has 2 heteroatoms. The monoisotopic (exact) mass is 222 g/mol. The van der Waals surface area contributed by atoms with Gasteiger partial charge in [-0.1, -0.05) is 31.3 Å². The molecule has 1 saturated heterocycles.